The van der Waals surface area contributed by atoms with Gasteiger partial charge in [0.25, 0.3) is 6.43 Å². The molecule has 0 fully saturated rings. The first-order chi connectivity index (χ1) is 8.52. The molecule has 18 heavy (non-hydrogen) atoms. The molecule has 0 saturated carbocycles. The van der Waals surface area contributed by atoms with E-state index in [1.807, 2.05) is 20.8 Å². The fourth-order valence-electron chi connectivity index (χ4n) is 1.27. The molecular weight excluding hydrogens is 242 g/mol. The maximum Gasteiger partial charge on any atom is 0.255 e. The summed E-state index contributed by atoms with van der Waals surface area (Å²) in [5, 5.41) is 5.40. The van der Waals surface area contributed by atoms with Crippen LogP contribution in [0.2, 0.25) is 0 Å². The Hall–Kier alpha value is -1.66. The SMILES string of the molecule is CCNC(=NCc1nc(C)c(C)o1)NCC(F)F. The van der Waals surface area contributed by atoms with Crippen molar-refractivity contribution in [3.63, 3.8) is 0 Å². The van der Waals surface area contributed by atoms with Gasteiger partial charge in [0.2, 0.25) is 5.89 Å². The van der Waals surface area contributed by atoms with E-state index in [4.69, 9.17) is 4.42 Å². The molecule has 0 radical (unpaired) electrons. The minimum absolute atomic E-state index is 0.216. The van der Waals surface area contributed by atoms with E-state index in [-0.39, 0.29) is 6.54 Å². The molecule has 1 heterocycles. The number of aromatic nitrogens is 1. The Balaban J connectivity index is 2.58. The minimum atomic E-state index is -2.42. The number of nitrogens with one attached hydrogen (secondary N) is 2. The fraction of sp³-hybridized carbons (Fsp3) is 0.636. The average Bonchev–Trinajstić information content (AvgIpc) is 2.62. The first-order valence-electron chi connectivity index (χ1n) is 5.76. The van der Waals surface area contributed by atoms with Crippen molar-refractivity contribution in [1.82, 2.24) is 15.6 Å². The Morgan fingerprint density at radius 3 is 2.61 bits per heavy atom. The Kier molecular flexibility index (Phi) is 5.54. The molecule has 5 nitrogen and oxygen atoms in total. The van der Waals surface area contributed by atoms with Crippen molar-refractivity contribution >= 4 is 5.96 Å². The van der Waals surface area contributed by atoms with E-state index in [1.165, 1.54) is 0 Å². The molecule has 0 aliphatic carbocycles. The quantitative estimate of drug-likeness (QED) is 0.623. The van der Waals surface area contributed by atoms with Crippen molar-refractivity contribution in [3.05, 3.63) is 17.3 Å². The summed E-state index contributed by atoms with van der Waals surface area (Å²) in [5.41, 5.74) is 0.811. The molecular formula is C11H18F2N4O. The van der Waals surface area contributed by atoms with Crippen molar-refractivity contribution in [1.29, 1.82) is 0 Å². The normalized spacial score (nSPS) is 12.0. The number of hydrogen-bond acceptors (Lipinski definition) is 3. The number of halogens is 2. The third-order valence-corrected chi connectivity index (χ3v) is 2.21. The topological polar surface area (TPSA) is 62.5 Å². The van der Waals surface area contributed by atoms with Gasteiger partial charge in [-0.15, -0.1) is 0 Å². The molecule has 0 aliphatic rings. The van der Waals surface area contributed by atoms with Crippen LogP contribution in [0.5, 0.6) is 0 Å². The van der Waals surface area contributed by atoms with Gasteiger partial charge in [0.1, 0.15) is 12.3 Å². The Bertz CT molecular complexity index is 384. The predicted octanol–water partition coefficient (Wildman–Crippen LogP) is 1.61. The summed E-state index contributed by atoms with van der Waals surface area (Å²) >= 11 is 0. The maximum absolute atomic E-state index is 12.1. The molecule has 1 rings (SSSR count). The van der Waals surface area contributed by atoms with E-state index in [1.54, 1.807) is 0 Å². The molecule has 0 saturated heterocycles. The van der Waals surface area contributed by atoms with Crippen molar-refractivity contribution in [2.24, 2.45) is 4.99 Å². The highest BCUT2D eigenvalue weighted by Crippen LogP contribution is 2.08. The van der Waals surface area contributed by atoms with Crippen LogP contribution in [-0.2, 0) is 6.54 Å². The zero-order chi connectivity index (χ0) is 13.5. The Labute approximate surface area is 105 Å². The zero-order valence-corrected chi connectivity index (χ0v) is 10.8. The number of rotatable bonds is 5. The molecule has 102 valence electrons. The summed E-state index contributed by atoms with van der Waals surface area (Å²) in [7, 11) is 0. The lowest BCUT2D eigenvalue weighted by molar-refractivity contribution is 0.152. The van der Waals surface area contributed by atoms with Gasteiger partial charge in [0.15, 0.2) is 5.96 Å². The molecule has 2 N–H and O–H groups in total. The Morgan fingerprint density at radius 1 is 1.39 bits per heavy atom. The van der Waals surface area contributed by atoms with Crippen LogP contribution in [0.25, 0.3) is 0 Å². The molecule has 1 aromatic heterocycles. The zero-order valence-electron chi connectivity index (χ0n) is 10.8. The lowest BCUT2D eigenvalue weighted by Crippen LogP contribution is -2.39. The molecule has 0 spiro atoms. The van der Waals surface area contributed by atoms with Gasteiger partial charge in [-0.1, -0.05) is 0 Å². The number of alkyl halides is 2. The van der Waals surface area contributed by atoms with Crippen LogP contribution in [0.15, 0.2) is 9.41 Å². The first-order valence-corrected chi connectivity index (χ1v) is 5.76. The average molecular weight is 260 g/mol. The van der Waals surface area contributed by atoms with Crippen LogP contribution in [0.3, 0.4) is 0 Å². The van der Waals surface area contributed by atoms with Gasteiger partial charge in [-0.3, -0.25) is 0 Å². The highest BCUT2D eigenvalue weighted by Gasteiger charge is 2.07. The molecule has 7 heteroatoms. The lowest BCUT2D eigenvalue weighted by Gasteiger charge is -2.09. The van der Waals surface area contributed by atoms with Crippen LogP contribution in [0, 0.1) is 13.8 Å². The summed E-state index contributed by atoms with van der Waals surface area (Å²) in [4.78, 5) is 8.28. The minimum Gasteiger partial charge on any atom is -0.444 e. The Morgan fingerprint density at radius 2 is 2.11 bits per heavy atom. The van der Waals surface area contributed by atoms with Gasteiger partial charge in [0, 0.05) is 6.54 Å². The lowest BCUT2D eigenvalue weighted by atomic mass is 10.4. The van der Waals surface area contributed by atoms with Crippen LogP contribution in [0.1, 0.15) is 24.3 Å². The number of hydrogen-bond donors (Lipinski definition) is 2. The number of guanidine groups is 1. The number of aryl methyl sites for hydroxylation is 2. The van der Waals surface area contributed by atoms with Crippen molar-refractivity contribution in [2.75, 3.05) is 13.1 Å². The standard InChI is InChI=1S/C11H18F2N4O/c1-4-14-11(15-5-9(12)13)16-6-10-17-7(2)8(3)18-10/h9H,4-6H2,1-3H3,(H2,14,15,16). The summed E-state index contributed by atoms with van der Waals surface area (Å²) in [5.74, 6) is 1.54. The van der Waals surface area contributed by atoms with Crippen LogP contribution in [-0.4, -0.2) is 30.5 Å². The van der Waals surface area contributed by atoms with E-state index in [9.17, 15) is 8.78 Å². The summed E-state index contributed by atoms with van der Waals surface area (Å²) in [6.45, 7) is 5.89. The molecule has 0 aliphatic heterocycles. The van der Waals surface area contributed by atoms with E-state index in [0.29, 0.717) is 18.4 Å². The van der Waals surface area contributed by atoms with Gasteiger partial charge < -0.3 is 15.1 Å². The predicted molar refractivity (Wildman–Crippen MR) is 64.8 cm³/mol. The third-order valence-electron chi connectivity index (χ3n) is 2.21. The van der Waals surface area contributed by atoms with E-state index in [0.717, 1.165) is 11.5 Å². The summed E-state index contributed by atoms with van der Waals surface area (Å²) in [6.07, 6.45) is -2.42. The highest BCUT2D eigenvalue weighted by atomic mass is 19.3. The highest BCUT2D eigenvalue weighted by molar-refractivity contribution is 5.79. The van der Waals surface area contributed by atoms with Crippen molar-refractivity contribution in [3.8, 4) is 0 Å². The van der Waals surface area contributed by atoms with Gasteiger partial charge in [-0.25, -0.2) is 18.8 Å². The molecule has 0 bridgehead atoms. The monoisotopic (exact) mass is 260 g/mol. The van der Waals surface area contributed by atoms with Crippen LogP contribution in [0.4, 0.5) is 8.78 Å². The number of aliphatic imine (C=N–C) groups is 1. The second-order valence-corrected chi connectivity index (χ2v) is 3.72. The summed E-state index contributed by atoms with van der Waals surface area (Å²) in [6, 6.07) is 0. The van der Waals surface area contributed by atoms with Gasteiger partial charge in [-0.2, -0.15) is 0 Å². The van der Waals surface area contributed by atoms with Gasteiger partial charge >= 0.3 is 0 Å². The van der Waals surface area contributed by atoms with Crippen molar-refractivity contribution < 1.29 is 13.2 Å². The number of nitrogens with zero attached hydrogens (tertiary/aromatic N) is 2. The van der Waals surface area contributed by atoms with E-state index in [2.05, 4.69) is 20.6 Å². The van der Waals surface area contributed by atoms with Crippen LogP contribution < -0.4 is 10.6 Å². The van der Waals surface area contributed by atoms with Gasteiger partial charge in [-0.05, 0) is 20.8 Å². The van der Waals surface area contributed by atoms with E-state index >= 15 is 0 Å². The first kappa shape index (κ1) is 14.4. The van der Waals surface area contributed by atoms with Crippen molar-refractivity contribution in [2.45, 2.75) is 33.7 Å². The number of oxazole rings is 1. The van der Waals surface area contributed by atoms with Crippen LogP contribution >= 0.6 is 0 Å². The third kappa shape index (κ3) is 4.68. The fourth-order valence-corrected chi connectivity index (χ4v) is 1.27. The molecule has 0 unspecified atom stereocenters. The molecule has 0 amide bonds. The smallest absolute Gasteiger partial charge is 0.255 e. The summed E-state index contributed by atoms with van der Waals surface area (Å²) < 4.78 is 29.5. The largest absolute Gasteiger partial charge is 0.444 e. The second-order valence-electron chi connectivity index (χ2n) is 3.72. The molecule has 0 aromatic carbocycles. The maximum atomic E-state index is 12.1. The molecule has 1 aromatic rings. The van der Waals surface area contributed by atoms with E-state index < -0.39 is 13.0 Å². The second kappa shape index (κ2) is 6.93. The molecule has 0 atom stereocenters. The van der Waals surface area contributed by atoms with Gasteiger partial charge in [0.05, 0.1) is 12.2 Å².